The molecule has 0 heterocycles. The Kier molecular flexibility index (Phi) is 6.99. The lowest BCUT2D eigenvalue weighted by molar-refractivity contribution is 0.352. The zero-order chi connectivity index (χ0) is 13.4. The highest BCUT2D eigenvalue weighted by molar-refractivity contribution is 5.22. The Morgan fingerprint density at radius 2 is 1.61 bits per heavy atom. The van der Waals surface area contributed by atoms with Crippen LogP contribution in [0.1, 0.15) is 31.9 Å². The number of benzene rings is 1. The van der Waals surface area contributed by atoms with E-state index in [0.717, 1.165) is 26.1 Å². The molecule has 0 aliphatic heterocycles. The number of rotatable bonds is 8. The Bertz CT molecular complexity index is 316. The van der Waals surface area contributed by atoms with Gasteiger partial charge in [-0.3, -0.25) is 0 Å². The van der Waals surface area contributed by atoms with Gasteiger partial charge in [-0.2, -0.15) is 0 Å². The van der Waals surface area contributed by atoms with Crippen molar-refractivity contribution in [1.82, 2.24) is 10.6 Å². The summed E-state index contributed by atoms with van der Waals surface area (Å²) in [7, 11) is 2.03. The van der Waals surface area contributed by atoms with Gasteiger partial charge in [0.15, 0.2) is 0 Å². The van der Waals surface area contributed by atoms with Crippen LogP contribution in [0.2, 0.25) is 0 Å². The lowest BCUT2D eigenvalue weighted by Crippen LogP contribution is -2.32. The lowest BCUT2D eigenvalue weighted by atomic mass is 9.95. The number of aryl methyl sites for hydroxylation is 1. The summed E-state index contributed by atoms with van der Waals surface area (Å²) in [5.41, 5.74) is 2.79. The molecule has 0 radical (unpaired) electrons. The monoisotopic (exact) mass is 248 g/mol. The Morgan fingerprint density at radius 1 is 1.00 bits per heavy atom. The third-order valence-corrected chi connectivity index (χ3v) is 3.58. The second-order valence-corrected chi connectivity index (χ2v) is 5.36. The second-order valence-electron chi connectivity index (χ2n) is 5.36. The van der Waals surface area contributed by atoms with Crippen molar-refractivity contribution in [3.05, 3.63) is 35.4 Å². The third kappa shape index (κ3) is 5.19. The Hall–Kier alpha value is -0.860. The van der Waals surface area contributed by atoms with Crippen molar-refractivity contribution in [3.63, 3.8) is 0 Å². The minimum absolute atomic E-state index is 0.699. The zero-order valence-electron chi connectivity index (χ0n) is 12.3. The summed E-state index contributed by atoms with van der Waals surface area (Å²) in [5.74, 6) is 1.41. The van der Waals surface area contributed by atoms with Crippen LogP contribution in [0, 0.1) is 11.8 Å². The van der Waals surface area contributed by atoms with Gasteiger partial charge in [-0.15, -0.1) is 0 Å². The summed E-state index contributed by atoms with van der Waals surface area (Å²) in [4.78, 5) is 0. The van der Waals surface area contributed by atoms with E-state index in [1.54, 1.807) is 0 Å². The molecule has 0 saturated heterocycles. The first kappa shape index (κ1) is 15.2. The molecule has 0 fully saturated rings. The van der Waals surface area contributed by atoms with Crippen LogP contribution in [0.25, 0.3) is 0 Å². The van der Waals surface area contributed by atoms with Gasteiger partial charge >= 0.3 is 0 Å². The first-order chi connectivity index (χ1) is 8.67. The Balaban J connectivity index is 2.35. The topological polar surface area (TPSA) is 24.1 Å². The van der Waals surface area contributed by atoms with Crippen molar-refractivity contribution in [1.29, 1.82) is 0 Å². The molecule has 1 aromatic rings. The zero-order valence-corrected chi connectivity index (χ0v) is 12.3. The summed E-state index contributed by atoms with van der Waals surface area (Å²) < 4.78 is 0. The molecule has 1 rings (SSSR count). The molecule has 0 aliphatic rings. The van der Waals surface area contributed by atoms with Gasteiger partial charge in [0.25, 0.3) is 0 Å². The Labute approximate surface area is 112 Å². The molecule has 2 heteroatoms. The van der Waals surface area contributed by atoms with Crippen LogP contribution in [-0.4, -0.2) is 20.1 Å². The van der Waals surface area contributed by atoms with E-state index < -0.39 is 0 Å². The molecular formula is C16H28N2. The molecule has 0 aliphatic carbocycles. The van der Waals surface area contributed by atoms with Crippen molar-refractivity contribution in [3.8, 4) is 0 Å². The normalized spacial score (nSPS) is 12.9. The molecule has 0 saturated carbocycles. The van der Waals surface area contributed by atoms with E-state index in [1.807, 2.05) is 7.05 Å². The SMILES string of the molecule is CCc1ccc(CNCC(CNC)C(C)C)cc1. The lowest BCUT2D eigenvalue weighted by Gasteiger charge is -2.21. The van der Waals surface area contributed by atoms with Crippen LogP contribution >= 0.6 is 0 Å². The second kappa shape index (κ2) is 8.28. The van der Waals surface area contributed by atoms with Gasteiger partial charge in [-0.1, -0.05) is 45.0 Å². The van der Waals surface area contributed by atoms with Gasteiger partial charge in [-0.25, -0.2) is 0 Å². The van der Waals surface area contributed by atoms with Crippen LogP contribution in [0.5, 0.6) is 0 Å². The molecule has 2 nitrogen and oxygen atoms in total. The first-order valence-electron chi connectivity index (χ1n) is 7.10. The third-order valence-electron chi connectivity index (χ3n) is 3.58. The standard InChI is InChI=1S/C16H28N2/c1-5-14-6-8-15(9-7-14)10-18-12-16(11-17-4)13(2)3/h6-9,13,16-18H,5,10-12H2,1-4H3. The average Bonchev–Trinajstić information content (AvgIpc) is 2.38. The van der Waals surface area contributed by atoms with Crippen molar-refractivity contribution < 1.29 is 0 Å². The molecule has 0 spiro atoms. The van der Waals surface area contributed by atoms with Crippen molar-refractivity contribution in [2.75, 3.05) is 20.1 Å². The molecule has 102 valence electrons. The molecule has 18 heavy (non-hydrogen) atoms. The number of hydrogen-bond donors (Lipinski definition) is 2. The first-order valence-corrected chi connectivity index (χ1v) is 7.10. The molecule has 0 aromatic heterocycles. The minimum Gasteiger partial charge on any atom is -0.319 e. The van der Waals surface area contributed by atoms with E-state index in [4.69, 9.17) is 0 Å². The summed E-state index contributed by atoms with van der Waals surface area (Å²) in [5, 5.41) is 6.84. The van der Waals surface area contributed by atoms with Crippen LogP contribution in [0.15, 0.2) is 24.3 Å². The van der Waals surface area contributed by atoms with E-state index in [2.05, 4.69) is 55.7 Å². The average molecular weight is 248 g/mol. The highest BCUT2D eigenvalue weighted by Gasteiger charge is 2.11. The summed E-state index contributed by atoms with van der Waals surface area (Å²) >= 11 is 0. The smallest absolute Gasteiger partial charge is 0.0205 e. The van der Waals surface area contributed by atoms with Gasteiger partial charge in [0, 0.05) is 6.54 Å². The molecule has 0 amide bonds. The molecule has 1 atom stereocenters. The van der Waals surface area contributed by atoms with Gasteiger partial charge in [0.1, 0.15) is 0 Å². The largest absolute Gasteiger partial charge is 0.319 e. The van der Waals surface area contributed by atoms with Crippen molar-refractivity contribution in [2.24, 2.45) is 11.8 Å². The number of hydrogen-bond acceptors (Lipinski definition) is 2. The predicted molar refractivity (Wildman–Crippen MR) is 79.8 cm³/mol. The fraction of sp³-hybridized carbons (Fsp3) is 0.625. The van der Waals surface area contributed by atoms with E-state index >= 15 is 0 Å². The van der Waals surface area contributed by atoms with Gasteiger partial charge in [0.2, 0.25) is 0 Å². The van der Waals surface area contributed by atoms with Gasteiger partial charge in [0.05, 0.1) is 0 Å². The van der Waals surface area contributed by atoms with Crippen LogP contribution < -0.4 is 10.6 Å². The molecule has 1 aromatic carbocycles. The molecule has 0 bridgehead atoms. The predicted octanol–water partition coefficient (Wildman–Crippen LogP) is 2.83. The fourth-order valence-corrected chi connectivity index (χ4v) is 2.10. The highest BCUT2D eigenvalue weighted by atomic mass is 14.9. The van der Waals surface area contributed by atoms with Crippen LogP contribution in [-0.2, 0) is 13.0 Å². The fourth-order valence-electron chi connectivity index (χ4n) is 2.10. The van der Waals surface area contributed by atoms with E-state index in [9.17, 15) is 0 Å². The minimum atomic E-state index is 0.699. The molecule has 2 N–H and O–H groups in total. The maximum Gasteiger partial charge on any atom is 0.0205 e. The van der Waals surface area contributed by atoms with Crippen molar-refractivity contribution in [2.45, 2.75) is 33.7 Å². The molecule has 1 unspecified atom stereocenters. The van der Waals surface area contributed by atoms with E-state index in [-0.39, 0.29) is 0 Å². The molecular weight excluding hydrogens is 220 g/mol. The maximum atomic E-state index is 3.57. The summed E-state index contributed by atoms with van der Waals surface area (Å²) in [6.45, 7) is 9.90. The number of nitrogens with one attached hydrogen (secondary N) is 2. The van der Waals surface area contributed by atoms with Gasteiger partial charge < -0.3 is 10.6 Å². The van der Waals surface area contributed by atoms with Crippen molar-refractivity contribution >= 4 is 0 Å². The summed E-state index contributed by atoms with van der Waals surface area (Å²) in [6.07, 6.45) is 1.12. The van der Waals surface area contributed by atoms with Crippen LogP contribution in [0.3, 0.4) is 0 Å². The van der Waals surface area contributed by atoms with E-state index in [1.165, 1.54) is 11.1 Å². The van der Waals surface area contributed by atoms with Crippen LogP contribution in [0.4, 0.5) is 0 Å². The van der Waals surface area contributed by atoms with Gasteiger partial charge in [-0.05, 0) is 49.5 Å². The summed E-state index contributed by atoms with van der Waals surface area (Å²) in [6, 6.07) is 8.91. The Morgan fingerprint density at radius 3 is 2.11 bits per heavy atom. The quantitative estimate of drug-likeness (QED) is 0.739. The van der Waals surface area contributed by atoms with E-state index in [0.29, 0.717) is 11.8 Å². The highest BCUT2D eigenvalue weighted by Crippen LogP contribution is 2.09. The maximum absolute atomic E-state index is 3.57.